The fraction of sp³-hybridized carbons (Fsp3) is 0.172. The van der Waals surface area contributed by atoms with Crippen molar-refractivity contribution in [2.24, 2.45) is 0 Å². The zero-order valence-electron chi connectivity index (χ0n) is 20.1. The second-order valence-corrected chi connectivity index (χ2v) is 9.09. The number of hydrogen-bond donors (Lipinski definition) is 3. The van der Waals surface area contributed by atoms with Gasteiger partial charge in [-0.15, -0.1) is 0 Å². The van der Waals surface area contributed by atoms with Crippen molar-refractivity contribution < 1.29 is 9.53 Å². The summed E-state index contributed by atoms with van der Waals surface area (Å²) >= 11 is 5.79. The Hall–Kier alpha value is -4.10. The Labute approximate surface area is 215 Å². The number of nitrogens with one attached hydrogen (secondary N) is 3. The first-order valence-electron chi connectivity index (χ1n) is 12.1. The van der Waals surface area contributed by atoms with Crippen LogP contribution < -0.4 is 10.1 Å². The first-order chi connectivity index (χ1) is 17.6. The molecule has 2 aromatic heterocycles. The summed E-state index contributed by atoms with van der Waals surface area (Å²) in [6, 6.07) is 23.6. The molecule has 0 aliphatic rings. The van der Waals surface area contributed by atoms with Crippen LogP contribution in [0.4, 0.5) is 0 Å². The molecule has 36 heavy (non-hydrogen) atoms. The molecular weight excluding hydrogens is 468 g/mol. The smallest absolute Gasteiger partial charge is 0.257 e. The molecule has 0 saturated carbocycles. The van der Waals surface area contributed by atoms with Crippen LogP contribution >= 0.6 is 12.2 Å². The summed E-state index contributed by atoms with van der Waals surface area (Å²) in [5.41, 5.74) is 4.93. The number of rotatable bonds is 8. The molecule has 0 radical (unpaired) electrons. The summed E-state index contributed by atoms with van der Waals surface area (Å²) in [5, 5.41) is 5.60. The molecule has 182 valence electrons. The summed E-state index contributed by atoms with van der Waals surface area (Å²) in [6.07, 6.45) is 4.80. The number of benzene rings is 3. The fourth-order valence-electron chi connectivity index (χ4n) is 4.36. The van der Waals surface area contributed by atoms with E-state index in [0.717, 1.165) is 45.1 Å². The van der Waals surface area contributed by atoms with E-state index in [1.807, 2.05) is 41.6 Å². The number of hydrogen-bond acceptors (Lipinski definition) is 3. The van der Waals surface area contributed by atoms with Crippen molar-refractivity contribution in [2.75, 3.05) is 6.61 Å². The number of aromatic amines is 2. The number of thiocarbonyl (C=S) groups is 1. The molecule has 1 amide bonds. The average molecular weight is 497 g/mol. The van der Waals surface area contributed by atoms with Crippen molar-refractivity contribution in [3.8, 4) is 5.75 Å². The number of amides is 1. The van der Waals surface area contributed by atoms with E-state index in [4.69, 9.17) is 17.0 Å². The summed E-state index contributed by atoms with van der Waals surface area (Å²) in [4.78, 5) is 21.6. The largest absolute Gasteiger partial charge is 0.494 e. The van der Waals surface area contributed by atoms with E-state index in [1.54, 1.807) is 12.1 Å². The highest BCUT2D eigenvalue weighted by Gasteiger charge is 2.18. The van der Waals surface area contributed by atoms with Gasteiger partial charge in [0.2, 0.25) is 0 Å². The molecule has 7 heteroatoms. The summed E-state index contributed by atoms with van der Waals surface area (Å²) in [7, 11) is 0. The summed E-state index contributed by atoms with van der Waals surface area (Å²) in [5.74, 6) is 0.503. The van der Waals surface area contributed by atoms with Crippen molar-refractivity contribution in [1.82, 2.24) is 20.2 Å². The topological polar surface area (TPSA) is 73.2 Å². The van der Waals surface area contributed by atoms with E-state index in [9.17, 15) is 4.79 Å². The van der Waals surface area contributed by atoms with Crippen molar-refractivity contribution in [3.63, 3.8) is 0 Å². The standard InChI is InChI=1S/C29H28N4O2S/c1-2-17-35-23-11-9-20(10-12-23)28(34)32-29(36)33(18-21-5-3-7-26-24(21)13-15-30-26)19-22-6-4-8-27-25(22)14-16-31-27/h3-16,30-31H,2,17-19H2,1H3,(H,32,34,36). The van der Waals surface area contributed by atoms with Crippen LogP contribution in [-0.2, 0) is 13.1 Å². The molecule has 0 fully saturated rings. The van der Waals surface area contributed by atoms with Crippen LogP contribution in [0.1, 0.15) is 34.8 Å². The van der Waals surface area contributed by atoms with Gasteiger partial charge in [0.25, 0.3) is 5.91 Å². The van der Waals surface area contributed by atoms with Gasteiger partial charge in [-0.2, -0.15) is 0 Å². The predicted octanol–water partition coefficient (Wildman–Crippen LogP) is 6.16. The van der Waals surface area contributed by atoms with Crippen molar-refractivity contribution in [1.29, 1.82) is 0 Å². The second kappa shape index (κ2) is 10.7. The molecule has 5 rings (SSSR count). The molecular formula is C29H28N4O2S. The molecule has 0 spiro atoms. The Bertz CT molecular complexity index is 1430. The van der Waals surface area contributed by atoms with Crippen molar-refractivity contribution in [2.45, 2.75) is 26.4 Å². The van der Waals surface area contributed by atoms with Gasteiger partial charge in [-0.25, -0.2) is 0 Å². The van der Waals surface area contributed by atoms with E-state index in [-0.39, 0.29) is 5.91 Å². The monoisotopic (exact) mass is 496 g/mol. The van der Waals surface area contributed by atoms with Gasteiger partial charge in [-0.1, -0.05) is 31.2 Å². The molecule has 0 unspecified atom stereocenters. The molecule has 0 atom stereocenters. The molecule has 0 aliphatic carbocycles. The second-order valence-electron chi connectivity index (χ2n) is 8.70. The van der Waals surface area contributed by atoms with Gasteiger partial charge in [0, 0.05) is 52.9 Å². The third-order valence-electron chi connectivity index (χ3n) is 6.19. The highest BCUT2D eigenvalue weighted by molar-refractivity contribution is 7.80. The molecule has 5 aromatic rings. The molecule has 3 aromatic carbocycles. The lowest BCUT2D eigenvalue weighted by Crippen LogP contribution is -2.42. The lowest BCUT2D eigenvalue weighted by molar-refractivity contribution is 0.0972. The van der Waals surface area contributed by atoms with Crippen LogP contribution in [0.15, 0.2) is 85.2 Å². The van der Waals surface area contributed by atoms with Gasteiger partial charge < -0.3 is 19.6 Å². The van der Waals surface area contributed by atoms with Gasteiger partial charge in [0.15, 0.2) is 5.11 Å². The average Bonchev–Trinajstić information content (AvgIpc) is 3.58. The van der Waals surface area contributed by atoms with Crippen molar-refractivity contribution in [3.05, 3.63) is 102 Å². The van der Waals surface area contributed by atoms with Crippen LogP contribution in [-0.4, -0.2) is 32.5 Å². The van der Waals surface area contributed by atoms with Crippen LogP contribution in [0.5, 0.6) is 5.75 Å². The van der Waals surface area contributed by atoms with E-state index in [2.05, 4.69) is 58.6 Å². The van der Waals surface area contributed by atoms with Crippen LogP contribution in [0.25, 0.3) is 21.8 Å². The zero-order valence-corrected chi connectivity index (χ0v) is 20.9. The highest BCUT2D eigenvalue weighted by atomic mass is 32.1. The number of carbonyl (C=O) groups is 1. The molecule has 0 saturated heterocycles. The predicted molar refractivity (Wildman–Crippen MR) is 148 cm³/mol. The quantitative estimate of drug-likeness (QED) is 0.225. The molecule has 3 N–H and O–H groups in total. The van der Waals surface area contributed by atoms with Gasteiger partial charge in [0.1, 0.15) is 5.75 Å². The van der Waals surface area contributed by atoms with E-state index < -0.39 is 0 Å². The summed E-state index contributed by atoms with van der Waals surface area (Å²) < 4.78 is 5.63. The van der Waals surface area contributed by atoms with Gasteiger partial charge >= 0.3 is 0 Å². The first kappa shape index (κ1) is 23.6. The fourth-order valence-corrected chi connectivity index (χ4v) is 4.58. The number of carbonyl (C=O) groups excluding carboxylic acids is 1. The first-order valence-corrected chi connectivity index (χ1v) is 12.5. The van der Waals surface area contributed by atoms with Crippen LogP contribution in [0, 0.1) is 0 Å². The third-order valence-corrected chi connectivity index (χ3v) is 6.55. The molecule has 6 nitrogen and oxygen atoms in total. The number of aromatic nitrogens is 2. The summed E-state index contributed by atoms with van der Waals surface area (Å²) in [6.45, 7) is 3.81. The lowest BCUT2D eigenvalue weighted by atomic mass is 10.1. The van der Waals surface area contributed by atoms with E-state index in [1.165, 1.54) is 0 Å². The minimum atomic E-state index is -0.244. The van der Waals surface area contributed by atoms with Gasteiger partial charge in [-0.3, -0.25) is 10.1 Å². The van der Waals surface area contributed by atoms with Gasteiger partial charge in [0.05, 0.1) is 6.61 Å². The number of H-pyrrole nitrogens is 2. The normalized spacial score (nSPS) is 11.0. The van der Waals surface area contributed by atoms with Crippen LogP contribution in [0.2, 0.25) is 0 Å². The van der Waals surface area contributed by atoms with E-state index in [0.29, 0.717) is 30.4 Å². The highest BCUT2D eigenvalue weighted by Crippen LogP contribution is 2.23. The molecule has 0 aliphatic heterocycles. The Balaban J connectivity index is 1.39. The maximum atomic E-state index is 13.1. The minimum Gasteiger partial charge on any atom is -0.494 e. The number of ether oxygens (including phenoxy) is 1. The SMILES string of the molecule is CCCOc1ccc(C(=O)NC(=S)N(Cc2cccc3[nH]ccc23)Cc2cccc3[nH]ccc23)cc1. The maximum Gasteiger partial charge on any atom is 0.257 e. The Kier molecular flexibility index (Phi) is 7.00. The Morgan fingerprint density at radius 2 is 1.44 bits per heavy atom. The zero-order chi connectivity index (χ0) is 24.9. The van der Waals surface area contributed by atoms with Gasteiger partial charge in [-0.05, 0) is 78.3 Å². The third kappa shape index (κ3) is 5.11. The number of fused-ring (bicyclic) bond motifs is 2. The minimum absolute atomic E-state index is 0.244. The van der Waals surface area contributed by atoms with Crippen LogP contribution in [0.3, 0.4) is 0 Å². The number of nitrogens with zero attached hydrogens (tertiary/aromatic N) is 1. The van der Waals surface area contributed by atoms with Crippen molar-refractivity contribution >= 4 is 45.0 Å². The maximum absolute atomic E-state index is 13.1. The Morgan fingerprint density at radius 1 is 0.861 bits per heavy atom. The Morgan fingerprint density at radius 3 is 2.00 bits per heavy atom. The molecule has 0 bridgehead atoms. The van der Waals surface area contributed by atoms with E-state index >= 15 is 0 Å². The molecule has 2 heterocycles. The lowest BCUT2D eigenvalue weighted by Gasteiger charge is -2.26.